The van der Waals surface area contributed by atoms with E-state index < -0.39 is 0 Å². The first-order valence-corrected chi connectivity index (χ1v) is 17.7. The summed E-state index contributed by atoms with van der Waals surface area (Å²) >= 11 is 0. The molecule has 252 valence electrons. The van der Waals surface area contributed by atoms with Gasteiger partial charge in [0, 0.05) is 34.1 Å². The van der Waals surface area contributed by atoms with Gasteiger partial charge in [0.1, 0.15) is 0 Å². The molecule has 0 fully saturated rings. The molecule has 0 heterocycles. The highest BCUT2D eigenvalue weighted by molar-refractivity contribution is 5.80. The van der Waals surface area contributed by atoms with E-state index in [-0.39, 0.29) is 0 Å². The third-order valence-corrected chi connectivity index (χ3v) is 7.86. The lowest BCUT2D eigenvalue weighted by molar-refractivity contribution is 1.27. The second kappa shape index (κ2) is 19.8. The summed E-state index contributed by atoms with van der Waals surface area (Å²) in [6.07, 6.45) is 0. The van der Waals surface area contributed by atoms with Crippen LogP contribution >= 0.6 is 0 Å². The maximum absolute atomic E-state index is 2.30. The number of aryl methyl sites for hydroxylation is 2. The molecule has 7 rings (SSSR count). The largest absolute Gasteiger partial charge is 0.311 e. The minimum Gasteiger partial charge on any atom is -0.311 e. The maximum atomic E-state index is 2.30. The fourth-order valence-electron chi connectivity index (χ4n) is 5.43. The smallest absolute Gasteiger partial charge is 0.0462 e. The molecule has 0 saturated carbocycles. The summed E-state index contributed by atoms with van der Waals surface area (Å²) < 4.78 is 0. The number of rotatable bonds is 7. The van der Waals surface area contributed by atoms with E-state index in [1.54, 1.807) is 0 Å². The van der Waals surface area contributed by atoms with E-state index in [0.717, 1.165) is 34.1 Å². The standard InChI is InChI=1S/C38H32N2.C6H6.2C2H6/c1-29-13-21-35(22-14-29)39(33-9-5-3-6-10-33)37-25-17-31(18-26-37)32-19-27-38(28-20-32)40(34-11-7-4-8-12-34)36-23-15-30(2)16-24-36;1-2-4-6-5-3-1;2*1-2/h3-28H,1-2H3;1-6H;2*1-2H3. The van der Waals surface area contributed by atoms with Crippen molar-refractivity contribution in [3.8, 4) is 11.1 Å². The molecule has 0 bridgehead atoms. The highest BCUT2D eigenvalue weighted by atomic mass is 15.1. The molecule has 0 amide bonds. The van der Waals surface area contributed by atoms with Crippen LogP contribution in [0.15, 0.2) is 194 Å². The minimum absolute atomic E-state index is 1.13. The average Bonchev–Trinajstić information content (AvgIpc) is 3.20. The van der Waals surface area contributed by atoms with E-state index in [2.05, 4.69) is 181 Å². The number of benzene rings is 7. The number of hydrogen-bond acceptors (Lipinski definition) is 2. The zero-order valence-corrected chi connectivity index (χ0v) is 30.4. The Kier molecular flexibility index (Phi) is 14.7. The molecule has 7 aromatic carbocycles. The van der Waals surface area contributed by atoms with Gasteiger partial charge in [-0.2, -0.15) is 0 Å². The molecule has 0 atom stereocenters. The molecule has 2 heteroatoms. The van der Waals surface area contributed by atoms with Crippen LogP contribution in [0.1, 0.15) is 38.8 Å². The van der Waals surface area contributed by atoms with Crippen molar-refractivity contribution in [2.24, 2.45) is 0 Å². The van der Waals surface area contributed by atoms with Gasteiger partial charge < -0.3 is 9.80 Å². The van der Waals surface area contributed by atoms with Crippen LogP contribution in [0.2, 0.25) is 0 Å². The molecule has 0 aliphatic rings. The highest BCUT2D eigenvalue weighted by Crippen LogP contribution is 2.37. The Labute approximate surface area is 301 Å². The van der Waals surface area contributed by atoms with Crippen molar-refractivity contribution in [2.75, 3.05) is 9.80 Å². The van der Waals surface area contributed by atoms with Crippen LogP contribution in [0.25, 0.3) is 11.1 Å². The molecule has 0 radical (unpaired) electrons. The third kappa shape index (κ3) is 10.1. The molecule has 0 spiro atoms. The predicted octanol–water partition coefficient (Wildman–Crippen LogP) is 14.6. The SMILES string of the molecule is CC.CC.Cc1ccc(N(c2ccccc2)c2ccc(-c3ccc(N(c4ccccc4)c4ccc(C)cc4)cc3)cc2)cc1.c1ccccc1. The van der Waals surface area contributed by atoms with Crippen LogP contribution < -0.4 is 9.80 Å². The van der Waals surface area contributed by atoms with Gasteiger partial charge in [0.15, 0.2) is 0 Å². The molecule has 7 aromatic rings. The summed E-state index contributed by atoms with van der Waals surface area (Å²) in [5.74, 6) is 0. The Morgan fingerprint density at radius 3 is 0.700 bits per heavy atom. The Morgan fingerprint density at radius 1 is 0.240 bits per heavy atom. The second-order valence-corrected chi connectivity index (χ2v) is 11.3. The summed E-state index contributed by atoms with van der Waals surface area (Å²) in [6, 6.07) is 68.1. The second-order valence-electron chi connectivity index (χ2n) is 11.3. The highest BCUT2D eigenvalue weighted by Gasteiger charge is 2.14. The van der Waals surface area contributed by atoms with E-state index in [1.165, 1.54) is 22.3 Å². The summed E-state index contributed by atoms with van der Waals surface area (Å²) in [6.45, 7) is 12.2. The van der Waals surface area contributed by atoms with Crippen LogP contribution in [0, 0.1) is 13.8 Å². The van der Waals surface area contributed by atoms with Gasteiger partial charge in [0.2, 0.25) is 0 Å². The Hall–Kier alpha value is -5.86. The van der Waals surface area contributed by atoms with Crippen LogP contribution in [-0.2, 0) is 0 Å². The van der Waals surface area contributed by atoms with Crippen molar-refractivity contribution in [1.82, 2.24) is 0 Å². The predicted molar refractivity (Wildman–Crippen MR) is 220 cm³/mol. The lowest BCUT2D eigenvalue weighted by Gasteiger charge is -2.26. The first-order valence-electron chi connectivity index (χ1n) is 17.7. The molecule has 0 aliphatic carbocycles. The number of anilines is 6. The molecular formula is C48H50N2. The van der Waals surface area contributed by atoms with Crippen LogP contribution in [0.4, 0.5) is 34.1 Å². The molecule has 2 nitrogen and oxygen atoms in total. The monoisotopic (exact) mass is 654 g/mol. The van der Waals surface area contributed by atoms with E-state index in [1.807, 2.05) is 64.1 Å². The van der Waals surface area contributed by atoms with Gasteiger partial charge in [0.25, 0.3) is 0 Å². The molecular weight excluding hydrogens is 605 g/mol. The summed E-state index contributed by atoms with van der Waals surface area (Å²) in [5, 5.41) is 0. The number of para-hydroxylation sites is 2. The first-order chi connectivity index (χ1) is 24.7. The summed E-state index contributed by atoms with van der Waals surface area (Å²) in [5.41, 5.74) is 11.7. The minimum atomic E-state index is 1.13. The van der Waals surface area contributed by atoms with Gasteiger partial charge in [-0.25, -0.2) is 0 Å². The fraction of sp³-hybridized carbons (Fsp3) is 0.125. The number of nitrogens with zero attached hydrogens (tertiary/aromatic N) is 2. The third-order valence-electron chi connectivity index (χ3n) is 7.86. The molecule has 0 N–H and O–H groups in total. The Balaban J connectivity index is 0.000000496. The van der Waals surface area contributed by atoms with Gasteiger partial charge in [-0.1, -0.05) is 160 Å². The molecule has 0 aromatic heterocycles. The van der Waals surface area contributed by atoms with Crippen molar-refractivity contribution in [1.29, 1.82) is 0 Å². The lowest BCUT2D eigenvalue weighted by Crippen LogP contribution is -2.10. The zero-order chi connectivity index (χ0) is 35.6. The van der Waals surface area contributed by atoms with E-state index in [9.17, 15) is 0 Å². The molecule has 0 saturated heterocycles. The van der Waals surface area contributed by atoms with Gasteiger partial charge in [0.05, 0.1) is 0 Å². The Bertz CT molecular complexity index is 1740. The van der Waals surface area contributed by atoms with Crippen molar-refractivity contribution >= 4 is 34.1 Å². The van der Waals surface area contributed by atoms with E-state index in [4.69, 9.17) is 0 Å². The van der Waals surface area contributed by atoms with E-state index >= 15 is 0 Å². The molecule has 0 aliphatic heterocycles. The summed E-state index contributed by atoms with van der Waals surface area (Å²) in [4.78, 5) is 4.59. The van der Waals surface area contributed by atoms with Crippen molar-refractivity contribution < 1.29 is 0 Å². The van der Waals surface area contributed by atoms with Gasteiger partial charge in [-0.15, -0.1) is 0 Å². The van der Waals surface area contributed by atoms with Gasteiger partial charge in [-0.3, -0.25) is 0 Å². The van der Waals surface area contributed by atoms with Crippen molar-refractivity contribution in [2.45, 2.75) is 41.5 Å². The quantitative estimate of drug-likeness (QED) is 0.169. The van der Waals surface area contributed by atoms with Crippen LogP contribution in [0.3, 0.4) is 0 Å². The maximum Gasteiger partial charge on any atom is 0.0462 e. The fourth-order valence-corrected chi connectivity index (χ4v) is 5.43. The van der Waals surface area contributed by atoms with Gasteiger partial charge in [-0.05, 0) is 97.8 Å². The van der Waals surface area contributed by atoms with Crippen molar-refractivity contribution in [3.05, 3.63) is 205 Å². The van der Waals surface area contributed by atoms with Gasteiger partial charge >= 0.3 is 0 Å². The zero-order valence-electron chi connectivity index (χ0n) is 30.4. The average molecular weight is 655 g/mol. The lowest BCUT2D eigenvalue weighted by atomic mass is 10.0. The summed E-state index contributed by atoms with van der Waals surface area (Å²) in [7, 11) is 0. The van der Waals surface area contributed by atoms with Crippen LogP contribution in [0.5, 0.6) is 0 Å². The Morgan fingerprint density at radius 2 is 0.440 bits per heavy atom. The molecule has 0 unspecified atom stereocenters. The van der Waals surface area contributed by atoms with Crippen molar-refractivity contribution in [3.63, 3.8) is 0 Å². The number of hydrogen-bond donors (Lipinski definition) is 0. The first kappa shape index (κ1) is 37.0. The normalized spacial score (nSPS) is 9.80. The molecule has 50 heavy (non-hydrogen) atoms. The van der Waals surface area contributed by atoms with E-state index in [0.29, 0.717) is 0 Å². The van der Waals surface area contributed by atoms with Crippen LogP contribution in [-0.4, -0.2) is 0 Å². The topological polar surface area (TPSA) is 6.48 Å².